The standard InChI is InChI=1S/C7H16N2O.2ClH/c1-5(2)9-3-6(8)7(10)4-9;;/h5-7,10H,3-4,8H2,1-2H3;2*1H/t6-,7-;;/m0../s1. The minimum absolute atomic E-state index is 0. The molecule has 0 aromatic rings. The number of likely N-dealkylation sites (tertiary alicyclic amines) is 1. The predicted octanol–water partition coefficient (Wildman–Crippen LogP) is 0.242. The molecule has 3 nitrogen and oxygen atoms in total. The molecule has 0 bridgehead atoms. The van der Waals surface area contributed by atoms with E-state index < -0.39 is 0 Å². The van der Waals surface area contributed by atoms with Crippen molar-refractivity contribution in [2.45, 2.75) is 32.0 Å². The Morgan fingerprint density at radius 3 is 2.00 bits per heavy atom. The largest absolute Gasteiger partial charge is 0.390 e. The summed E-state index contributed by atoms with van der Waals surface area (Å²) in [7, 11) is 0. The van der Waals surface area contributed by atoms with Crippen LogP contribution in [0.4, 0.5) is 0 Å². The fourth-order valence-corrected chi connectivity index (χ4v) is 1.26. The summed E-state index contributed by atoms with van der Waals surface area (Å²) in [6, 6.07) is 0.464. The SMILES string of the molecule is CC(C)N1C[C@H](N)[C@@H](O)C1.Cl.Cl. The molecule has 1 fully saturated rings. The lowest BCUT2D eigenvalue weighted by Crippen LogP contribution is -2.33. The highest BCUT2D eigenvalue weighted by Crippen LogP contribution is 2.10. The van der Waals surface area contributed by atoms with Gasteiger partial charge in [-0.05, 0) is 13.8 Å². The van der Waals surface area contributed by atoms with Crippen molar-refractivity contribution in [3.63, 3.8) is 0 Å². The molecule has 3 N–H and O–H groups in total. The summed E-state index contributed by atoms with van der Waals surface area (Å²) >= 11 is 0. The smallest absolute Gasteiger partial charge is 0.0830 e. The molecule has 2 atom stereocenters. The molecule has 5 heteroatoms. The zero-order valence-electron chi connectivity index (χ0n) is 7.43. The molecule has 1 aliphatic heterocycles. The second kappa shape index (κ2) is 6.00. The van der Waals surface area contributed by atoms with E-state index in [9.17, 15) is 5.11 Å². The molecule has 1 aliphatic rings. The van der Waals surface area contributed by atoms with Gasteiger partial charge < -0.3 is 10.8 Å². The number of aliphatic hydroxyl groups is 1. The van der Waals surface area contributed by atoms with Gasteiger partial charge in [-0.25, -0.2) is 0 Å². The number of nitrogens with two attached hydrogens (primary N) is 1. The van der Waals surface area contributed by atoms with Crippen molar-refractivity contribution in [1.29, 1.82) is 0 Å². The van der Waals surface area contributed by atoms with Crippen molar-refractivity contribution in [3.8, 4) is 0 Å². The summed E-state index contributed by atoms with van der Waals surface area (Å²) < 4.78 is 0. The van der Waals surface area contributed by atoms with E-state index in [1.54, 1.807) is 0 Å². The van der Waals surface area contributed by atoms with E-state index in [-0.39, 0.29) is 37.0 Å². The highest BCUT2D eigenvalue weighted by Gasteiger charge is 2.29. The van der Waals surface area contributed by atoms with Gasteiger partial charge in [-0.1, -0.05) is 0 Å². The maximum atomic E-state index is 9.25. The van der Waals surface area contributed by atoms with Crippen LogP contribution in [0.15, 0.2) is 0 Å². The Balaban J connectivity index is 0. The van der Waals surface area contributed by atoms with E-state index in [1.807, 2.05) is 0 Å². The highest BCUT2D eigenvalue weighted by atomic mass is 35.5. The summed E-state index contributed by atoms with van der Waals surface area (Å²) in [5.41, 5.74) is 5.61. The minimum Gasteiger partial charge on any atom is -0.390 e. The number of halogens is 2. The molecule has 0 saturated carbocycles. The van der Waals surface area contributed by atoms with Gasteiger partial charge >= 0.3 is 0 Å². The Hall–Kier alpha value is 0.460. The topological polar surface area (TPSA) is 49.5 Å². The van der Waals surface area contributed by atoms with Crippen LogP contribution in [0.25, 0.3) is 0 Å². The van der Waals surface area contributed by atoms with Gasteiger partial charge in [-0.2, -0.15) is 0 Å². The Bertz CT molecular complexity index is 114. The summed E-state index contributed by atoms with van der Waals surface area (Å²) in [5, 5.41) is 9.25. The molecule has 0 unspecified atom stereocenters. The molecule has 0 aromatic carbocycles. The molecule has 0 spiro atoms. The van der Waals surface area contributed by atoms with Gasteiger partial charge in [0.2, 0.25) is 0 Å². The van der Waals surface area contributed by atoms with Gasteiger partial charge in [-0.15, -0.1) is 24.8 Å². The van der Waals surface area contributed by atoms with E-state index >= 15 is 0 Å². The Morgan fingerprint density at radius 1 is 1.33 bits per heavy atom. The lowest BCUT2D eigenvalue weighted by Gasteiger charge is -2.18. The highest BCUT2D eigenvalue weighted by molar-refractivity contribution is 5.85. The van der Waals surface area contributed by atoms with Crippen LogP contribution in [0, 0.1) is 0 Å². The van der Waals surface area contributed by atoms with Gasteiger partial charge in [0.05, 0.1) is 6.10 Å². The molecular formula is C7H18Cl2N2O. The number of aliphatic hydroxyl groups excluding tert-OH is 1. The summed E-state index contributed by atoms with van der Waals surface area (Å²) in [6.07, 6.45) is -0.317. The summed E-state index contributed by atoms with van der Waals surface area (Å²) in [5.74, 6) is 0. The number of hydrogen-bond acceptors (Lipinski definition) is 3. The fraction of sp³-hybridized carbons (Fsp3) is 1.00. The van der Waals surface area contributed by atoms with Crippen LogP contribution >= 0.6 is 24.8 Å². The third-order valence-electron chi connectivity index (χ3n) is 2.09. The van der Waals surface area contributed by atoms with Crippen LogP contribution in [-0.2, 0) is 0 Å². The van der Waals surface area contributed by atoms with E-state index in [1.165, 1.54) is 0 Å². The maximum absolute atomic E-state index is 9.25. The van der Waals surface area contributed by atoms with E-state index in [0.29, 0.717) is 6.04 Å². The summed E-state index contributed by atoms with van der Waals surface area (Å²) in [4.78, 5) is 2.19. The first-order valence-corrected chi connectivity index (χ1v) is 3.79. The molecule has 0 radical (unpaired) electrons. The number of nitrogens with zero attached hydrogens (tertiary/aromatic N) is 1. The third kappa shape index (κ3) is 3.46. The van der Waals surface area contributed by atoms with Gasteiger partial charge in [0.25, 0.3) is 0 Å². The van der Waals surface area contributed by atoms with Crippen molar-refractivity contribution in [3.05, 3.63) is 0 Å². The number of rotatable bonds is 1. The van der Waals surface area contributed by atoms with Crippen LogP contribution < -0.4 is 5.73 Å². The predicted molar refractivity (Wildman–Crippen MR) is 55.2 cm³/mol. The quantitative estimate of drug-likeness (QED) is 0.661. The Labute approximate surface area is 86.1 Å². The molecular weight excluding hydrogens is 199 g/mol. The normalized spacial score (nSPS) is 29.8. The first kappa shape index (κ1) is 15.0. The van der Waals surface area contributed by atoms with E-state index in [2.05, 4.69) is 18.7 Å². The van der Waals surface area contributed by atoms with Crippen molar-refractivity contribution in [2.75, 3.05) is 13.1 Å². The van der Waals surface area contributed by atoms with Gasteiger partial charge in [-0.3, -0.25) is 4.90 Å². The monoisotopic (exact) mass is 216 g/mol. The van der Waals surface area contributed by atoms with Crippen LogP contribution in [0.5, 0.6) is 0 Å². The van der Waals surface area contributed by atoms with Crippen molar-refractivity contribution >= 4 is 24.8 Å². The molecule has 1 heterocycles. The lowest BCUT2D eigenvalue weighted by atomic mass is 10.2. The first-order chi connectivity index (χ1) is 4.61. The molecule has 1 rings (SSSR count). The second-order valence-electron chi connectivity index (χ2n) is 3.28. The van der Waals surface area contributed by atoms with Crippen LogP contribution in [0.2, 0.25) is 0 Å². The van der Waals surface area contributed by atoms with E-state index in [4.69, 9.17) is 5.73 Å². The average molecular weight is 217 g/mol. The van der Waals surface area contributed by atoms with Crippen LogP contribution in [-0.4, -0.2) is 41.3 Å². The first-order valence-electron chi connectivity index (χ1n) is 3.79. The van der Waals surface area contributed by atoms with Gasteiger partial charge in [0.1, 0.15) is 0 Å². The zero-order chi connectivity index (χ0) is 7.72. The van der Waals surface area contributed by atoms with E-state index in [0.717, 1.165) is 13.1 Å². The Kier molecular flexibility index (Phi) is 7.47. The van der Waals surface area contributed by atoms with Crippen LogP contribution in [0.3, 0.4) is 0 Å². The Morgan fingerprint density at radius 2 is 1.83 bits per heavy atom. The molecule has 0 aromatic heterocycles. The van der Waals surface area contributed by atoms with Crippen molar-refractivity contribution in [2.24, 2.45) is 5.73 Å². The second-order valence-corrected chi connectivity index (χ2v) is 3.28. The summed E-state index contributed by atoms with van der Waals surface area (Å²) in [6.45, 7) is 5.80. The van der Waals surface area contributed by atoms with Gasteiger partial charge in [0.15, 0.2) is 0 Å². The molecule has 12 heavy (non-hydrogen) atoms. The zero-order valence-corrected chi connectivity index (χ0v) is 9.07. The molecule has 76 valence electrons. The lowest BCUT2D eigenvalue weighted by molar-refractivity contribution is 0.158. The van der Waals surface area contributed by atoms with Gasteiger partial charge in [0, 0.05) is 25.2 Å². The fourth-order valence-electron chi connectivity index (χ4n) is 1.26. The molecule has 1 saturated heterocycles. The van der Waals surface area contributed by atoms with Crippen molar-refractivity contribution < 1.29 is 5.11 Å². The molecule has 0 amide bonds. The molecule has 0 aliphatic carbocycles. The van der Waals surface area contributed by atoms with Crippen LogP contribution in [0.1, 0.15) is 13.8 Å². The minimum atomic E-state index is -0.317. The number of hydrogen-bond donors (Lipinski definition) is 2. The maximum Gasteiger partial charge on any atom is 0.0830 e. The third-order valence-corrected chi connectivity index (χ3v) is 2.09. The number of β-amino-alcohol motifs (C(OH)–C–C–N with tert-alkyl or cyclic N) is 1. The van der Waals surface area contributed by atoms with Crippen molar-refractivity contribution in [1.82, 2.24) is 4.90 Å². The average Bonchev–Trinajstić information content (AvgIpc) is 2.13.